The fourth-order valence-corrected chi connectivity index (χ4v) is 1.69. The fourth-order valence-electron chi connectivity index (χ4n) is 1.21. The van der Waals surface area contributed by atoms with Crippen LogP contribution < -0.4 is 10.1 Å². The van der Waals surface area contributed by atoms with E-state index in [-0.39, 0.29) is 0 Å². The van der Waals surface area contributed by atoms with Crippen LogP contribution in [0.2, 0.25) is 0 Å². The number of hydrogen-bond donors (Lipinski definition) is 3. The lowest BCUT2D eigenvalue weighted by Gasteiger charge is -2.09. The molecule has 0 aliphatic carbocycles. The Morgan fingerprint density at radius 1 is 1.38 bits per heavy atom. The lowest BCUT2D eigenvalue weighted by atomic mass is 10.2. The second-order valence-electron chi connectivity index (χ2n) is 3.86. The molecule has 0 fully saturated rings. The first-order valence-electron chi connectivity index (χ1n) is 6.05. The van der Waals surface area contributed by atoms with Crippen LogP contribution in [0.3, 0.4) is 0 Å². The predicted molar refractivity (Wildman–Crippen MR) is 82.7 cm³/mol. The zero-order valence-corrected chi connectivity index (χ0v) is 13.2. The summed E-state index contributed by atoms with van der Waals surface area (Å²) < 4.78 is 6.70. The van der Waals surface area contributed by atoms with Gasteiger partial charge in [-0.1, -0.05) is 22.0 Å². The highest BCUT2D eigenvalue weighted by Gasteiger charge is 2.04. The monoisotopic (exact) mass is 359 g/mol. The topological polar surface area (TPSA) is 95.9 Å². The van der Waals surface area contributed by atoms with Crippen molar-refractivity contribution in [2.45, 2.75) is 6.92 Å². The van der Waals surface area contributed by atoms with Gasteiger partial charge in [-0.25, -0.2) is 9.59 Å². The number of carbonyl (C=O) groups is 2. The molecule has 0 bridgehead atoms. The molecule has 21 heavy (non-hydrogen) atoms. The van der Waals surface area contributed by atoms with Crippen LogP contribution in [0.15, 0.2) is 35.3 Å². The SMILES string of the molecule is C=CCNCCOc1ccc(Br)cc1C.O=C(O)C(=O)O. The molecule has 0 atom stereocenters. The van der Waals surface area contributed by atoms with Gasteiger partial charge >= 0.3 is 11.9 Å². The van der Waals surface area contributed by atoms with Crippen molar-refractivity contribution in [2.24, 2.45) is 0 Å². The number of halogens is 1. The molecule has 0 aliphatic rings. The zero-order valence-electron chi connectivity index (χ0n) is 11.6. The van der Waals surface area contributed by atoms with E-state index in [1.54, 1.807) is 0 Å². The van der Waals surface area contributed by atoms with Gasteiger partial charge in [0.05, 0.1) is 0 Å². The predicted octanol–water partition coefficient (Wildman–Crippen LogP) is 2.07. The first-order chi connectivity index (χ1) is 9.88. The van der Waals surface area contributed by atoms with E-state index in [0.29, 0.717) is 6.61 Å². The molecule has 0 aliphatic heterocycles. The molecule has 0 amide bonds. The van der Waals surface area contributed by atoms with Crippen LogP contribution in [0, 0.1) is 6.92 Å². The van der Waals surface area contributed by atoms with E-state index in [2.05, 4.69) is 27.8 Å². The smallest absolute Gasteiger partial charge is 0.414 e. The van der Waals surface area contributed by atoms with Crippen molar-refractivity contribution in [1.29, 1.82) is 0 Å². The Bertz CT molecular complexity index is 478. The molecule has 7 heteroatoms. The number of ether oxygens (including phenoxy) is 1. The summed E-state index contributed by atoms with van der Waals surface area (Å²) >= 11 is 3.42. The van der Waals surface area contributed by atoms with Gasteiger partial charge in [0.15, 0.2) is 0 Å². The van der Waals surface area contributed by atoms with E-state index in [0.717, 1.165) is 28.9 Å². The van der Waals surface area contributed by atoms with Gasteiger partial charge in [0, 0.05) is 17.6 Å². The van der Waals surface area contributed by atoms with Crippen LogP contribution in [0.1, 0.15) is 5.56 Å². The normalized spacial score (nSPS) is 9.24. The van der Waals surface area contributed by atoms with Crippen LogP contribution in [-0.4, -0.2) is 41.8 Å². The molecule has 0 saturated heterocycles. The number of benzene rings is 1. The molecule has 0 aromatic heterocycles. The van der Waals surface area contributed by atoms with E-state index < -0.39 is 11.9 Å². The maximum atomic E-state index is 9.10. The highest BCUT2D eigenvalue weighted by Crippen LogP contribution is 2.21. The summed E-state index contributed by atoms with van der Waals surface area (Å²) in [6.45, 7) is 8.00. The molecule has 6 nitrogen and oxygen atoms in total. The van der Waals surface area contributed by atoms with E-state index in [9.17, 15) is 0 Å². The minimum absolute atomic E-state index is 0.677. The van der Waals surface area contributed by atoms with Gasteiger partial charge in [-0.2, -0.15) is 0 Å². The Hall–Kier alpha value is -1.86. The van der Waals surface area contributed by atoms with Crippen molar-refractivity contribution in [3.8, 4) is 5.75 Å². The van der Waals surface area contributed by atoms with E-state index >= 15 is 0 Å². The number of carboxylic acids is 2. The molecule has 1 aromatic rings. The van der Waals surface area contributed by atoms with Crippen molar-refractivity contribution in [2.75, 3.05) is 19.7 Å². The second kappa shape index (κ2) is 10.9. The summed E-state index contributed by atoms with van der Waals surface area (Å²) in [5.41, 5.74) is 1.15. The second-order valence-corrected chi connectivity index (χ2v) is 4.78. The molecule has 116 valence electrons. The van der Waals surface area contributed by atoms with Gasteiger partial charge in [-0.3, -0.25) is 0 Å². The summed E-state index contributed by atoms with van der Waals surface area (Å²) in [7, 11) is 0. The maximum Gasteiger partial charge on any atom is 0.414 e. The Balaban J connectivity index is 0.000000567. The molecule has 0 spiro atoms. The number of aryl methyl sites for hydroxylation is 1. The van der Waals surface area contributed by atoms with Gasteiger partial charge in [-0.05, 0) is 30.7 Å². The number of aliphatic carboxylic acids is 2. The molecule has 3 N–H and O–H groups in total. The average molecular weight is 360 g/mol. The van der Waals surface area contributed by atoms with Crippen molar-refractivity contribution in [3.05, 3.63) is 40.9 Å². The van der Waals surface area contributed by atoms with Gasteiger partial charge in [-0.15, -0.1) is 6.58 Å². The van der Waals surface area contributed by atoms with Crippen molar-refractivity contribution in [3.63, 3.8) is 0 Å². The third-order valence-electron chi connectivity index (χ3n) is 2.15. The number of rotatable bonds is 6. The molecule has 1 rings (SSSR count). The molecular formula is C14H18BrNO5. The minimum atomic E-state index is -1.82. The highest BCUT2D eigenvalue weighted by molar-refractivity contribution is 9.10. The Kier molecular flexibility index (Phi) is 9.91. The minimum Gasteiger partial charge on any atom is -0.492 e. The van der Waals surface area contributed by atoms with Crippen molar-refractivity contribution in [1.82, 2.24) is 5.32 Å². The van der Waals surface area contributed by atoms with Gasteiger partial charge in [0.25, 0.3) is 0 Å². The maximum absolute atomic E-state index is 9.10. The summed E-state index contributed by atoms with van der Waals surface area (Å²) in [6, 6.07) is 6.01. The van der Waals surface area contributed by atoms with Gasteiger partial charge in [0.2, 0.25) is 0 Å². The van der Waals surface area contributed by atoms with E-state index in [1.807, 2.05) is 31.2 Å². The summed E-state index contributed by atoms with van der Waals surface area (Å²) in [6.07, 6.45) is 1.84. The van der Waals surface area contributed by atoms with Crippen LogP contribution in [0.5, 0.6) is 5.75 Å². The third kappa shape index (κ3) is 9.64. The van der Waals surface area contributed by atoms with Crippen molar-refractivity contribution < 1.29 is 24.5 Å². The molecule has 1 aromatic carbocycles. The van der Waals surface area contributed by atoms with E-state index in [4.69, 9.17) is 24.5 Å². The summed E-state index contributed by atoms with van der Waals surface area (Å²) in [5.74, 6) is -2.70. The lowest BCUT2D eigenvalue weighted by Crippen LogP contribution is -2.20. The number of hydrogen-bond acceptors (Lipinski definition) is 4. The Labute approximate surface area is 131 Å². The Morgan fingerprint density at radius 3 is 2.48 bits per heavy atom. The van der Waals surface area contributed by atoms with E-state index in [1.165, 1.54) is 0 Å². The van der Waals surface area contributed by atoms with Gasteiger partial charge in [0.1, 0.15) is 12.4 Å². The van der Waals surface area contributed by atoms with Crippen LogP contribution in [0.25, 0.3) is 0 Å². The Morgan fingerprint density at radius 2 is 2.00 bits per heavy atom. The molecule has 0 heterocycles. The lowest BCUT2D eigenvalue weighted by molar-refractivity contribution is -0.159. The quantitative estimate of drug-likeness (QED) is 0.408. The standard InChI is InChI=1S/C12H16BrNO.C2H2O4/c1-3-6-14-7-8-15-12-5-4-11(13)9-10(12)2;3-1(4)2(5)6/h3-5,9,14H,1,6-8H2,2H3;(H,3,4)(H,5,6). The number of carboxylic acid groups (broad SMARTS) is 2. The summed E-state index contributed by atoms with van der Waals surface area (Å²) in [5, 5.41) is 18.0. The van der Waals surface area contributed by atoms with Crippen LogP contribution >= 0.6 is 15.9 Å². The fraction of sp³-hybridized carbons (Fsp3) is 0.286. The van der Waals surface area contributed by atoms with Crippen LogP contribution in [0.4, 0.5) is 0 Å². The first-order valence-corrected chi connectivity index (χ1v) is 6.84. The first kappa shape index (κ1) is 19.1. The zero-order chi connectivity index (χ0) is 16.3. The highest BCUT2D eigenvalue weighted by atomic mass is 79.9. The number of nitrogens with one attached hydrogen (secondary N) is 1. The summed E-state index contributed by atoms with van der Waals surface area (Å²) in [4.78, 5) is 18.2. The van der Waals surface area contributed by atoms with Crippen LogP contribution in [-0.2, 0) is 9.59 Å². The van der Waals surface area contributed by atoms with Crippen molar-refractivity contribution >= 4 is 27.9 Å². The largest absolute Gasteiger partial charge is 0.492 e. The molecular weight excluding hydrogens is 342 g/mol. The molecule has 0 unspecified atom stereocenters. The van der Waals surface area contributed by atoms with Gasteiger partial charge < -0.3 is 20.3 Å². The molecule has 0 radical (unpaired) electrons. The third-order valence-corrected chi connectivity index (χ3v) is 2.64. The molecule has 0 saturated carbocycles. The average Bonchev–Trinajstić information content (AvgIpc) is 2.41.